The van der Waals surface area contributed by atoms with E-state index in [1.54, 1.807) is 29.2 Å². The van der Waals surface area contributed by atoms with Crippen molar-refractivity contribution in [3.63, 3.8) is 0 Å². The SMILES string of the molecule is C=CC(=O)N1CCCN(c2ncnc3c(F)c(-c4cccc5ccc(F)c(Cl)c45)ncc23)C1. The molecule has 2 aromatic heterocycles. The van der Waals surface area contributed by atoms with Gasteiger partial charge in [-0.2, -0.15) is 0 Å². The molecule has 0 radical (unpaired) electrons. The van der Waals surface area contributed by atoms with Crippen LogP contribution in [0.2, 0.25) is 5.02 Å². The number of carbonyl (C=O) groups is 1. The second-order valence-electron chi connectivity index (χ2n) is 7.71. The van der Waals surface area contributed by atoms with Crippen molar-refractivity contribution in [1.82, 2.24) is 19.9 Å². The average molecular weight is 466 g/mol. The lowest BCUT2D eigenvalue weighted by Crippen LogP contribution is -2.47. The summed E-state index contributed by atoms with van der Waals surface area (Å²) in [6.07, 6.45) is 4.80. The monoisotopic (exact) mass is 465 g/mol. The molecule has 0 saturated carbocycles. The van der Waals surface area contributed by atoms with Crippen LogP contribution in [-0.2, 0) is 4.79 Å². The number of benzene rings is 2. The summed E-state index contributed by atoms with van der Waals surface area (Å²) in [6.45, 7) is 5.10. The Morgan fingerprint density at radius 3 is 2.79 bits per heavy atom. The molecule has 0 spiro atoms. The highest BCUT2D eigenvalue weighted by Gasteiger charge is 2.25. The summed E-state index contributed by atoms with van der Waals surface area (Å²) in [6, 6.07) is 8.02. The van der Waals surface area contributed by atoms with Gasteiger partial charge in [-0.25, -0.2) is 18.7 Å². The maximum absolute atomic E-state index is 15.7. The Balaban J connectivity index is 1.64. The molecule has 1 fully saturated rings. The van der Waals surface area contributed by atoms with Gasteiger partial charge >= 0.3 is 0 Å². The number of aromatic nitrogens is 3. The summed E-state index contributed by atoms with van der Waals surface area (Å²) in [5, 5.41) is 1.38. The molecular weight excluding hydrogens is 448 g/mol. The van der Waals surface area contributed by atoms with Crippen molar-refractivity contribution >= 4 is 45.0 Å². The molecule has 6 nitrogen and oxygen atoms in total. The Morgan fingerprint density at radius 1 is 1.12 bits per heavy atom. The van der Waals surface area contributed by atoms with E-state index in [0.29, 0.717) is 47.3 Å². The Hall–Kier alpha value is -3.65. The first-order chi connectivity index (χ1) is 16.0. The first-order valence-electron chi connectivity index (χ1n) is 10.3. The first-order valence-corrected chi connectivity index (χ1v) is 10.7. The highest BCUT2D eigenvalue weighted by Crippen LogP contribution is 2.37. The van der Waals surface area contributed by atoms with Gasteiger partial charge < -0.3 is 9.80 Å². The lowest BCUT2D eigenvalue weighted by molar-refractivity contribution is -0.126. The summed E-state index contributed by atoms with van der Waals surface area (Å²) in [7, 11) is 0. The van der Waals surface area contributed by atoms with E-state index in [1.165, 1.54) is 24.7 Å². The summed E-state index contributed by atoms with van der Waals surface area (Å²) in [5.74, 6) is -0.933. The summed E-state index contributed by atoms with van der Waals surface area (Å²) >= 11 is 6.23. The van der Waals surface area contributed by atoms with Gasteiger partial charge in [0, 0.05) is 30.2 Å². The van der Waals surface area contributed by atoms with E-state index >= 15 is 4.39 Å². The van der Waals surface area contributed by atoms with Crippen LogP contribution in [-0.4, -0.2) is 45.5 Å². The smallest absolute Gasteiger partial charge is 0.247 e. The van der Waals surface area contributed by atoms with Gasteiger partial charge in [-0.15, -0.1) is 0 Å². The van der Waals surface area contributed by atoms with E-state index in [-0.39, 0.29) is 22.1 Å². The number of rotatable bonds is 3. The number of hydrogen-bond donors (Lipinski definition) is 0. The van der Waals surface area contributed by atoms with Crippen molar-refractivity contribution in [2.45, 2.75) is 6.42 Å². The van der Waals surface area contributed by atoms with Crippen molar-refractivity contribution in [2.24, 2.45) is 0 Å². The van der Waals surface area contributed by atoms with E-state index in [0.717, 1.165) is 6.42 Å². The van der Waals surface area contributed by atoms with Gasteiger partial charge in [0.1, 0.15) is 29.2 Å². The number of nitrogens with zero attached hydrogens (tertiary/aromatic N) is 5. The molecule has 0 atom stereocenters. The van der Waals surface area contributed by atoms with Gasteiger partial charge in [-0.3, -0.25) is 9.78 Å². The predicted octanol–water partition coefficient (Wildman–Crippen LogP) is 4.96. The van der Waals surface area contributed by atoms with Crippen LogP contribution in [0.4, 0.5) is 14.6 Å². The van der Waals surface area contributed by atoms with Crippen molar-refractivity contribution in [3.05, 3.63) is 72.2 Å². The predicted molar refractivity (Wildman–Crippen MR) is 124 cm³/mol. The zero-order valence-corrected chi connectivity index (χ0v) is 18.2. The topological polar surface area (TPSA) is 62.2 Å². The summed E-state index contributed by atoms with van der Waals surface area (Å²) < 4.78 is 29.9. The van der Waals surface area contributed by atoms with Crippen molar-refractivity contribution < 1.29 is 13.6 Å². The summed E-state index contributed by atoms with van der Waals surface area (Å²) in [5.41, 5.74) is 0.478. The van der Waals surface area contributed by atoms with Crippen molar-refractivity contribution in [3.8, 4) is 11.3 Å². The molecule has 0 aliphatic carbocycles. The van der Waals surface area contributed by atoms with E-state index in [4.69, 9.17) is 11.6 Å². The fraction of sp³-hybridized carbons (Fsp3) is 0.167. The van der Waals surface area contributed by atoms with Gasteiger partial charge in [0.15, 0.2) is 5.82 Å². The molecule has 1 aliphatic rings. The molecule has 0 bridgehead atoms. The van der Waals surface area contributed by atoms with Gasteiger partial charge in [0.05, 0.1) is 17.1 Å². The molecule has 1 aliphatic heterocycles. The molecule has 5 rings (SSSR count). The zero-order chi connectivity index (χ0) is 23.1. The van der Waals surface area contributed by atoms with Crippen molar-refractivity contribution in [2.75, 3.05) is 24.7 Å². The number of carbonyl (C=O) groups excluding carboxylic acids is 1. The Bertz CT molecular complexity index is 1430. The minimum Gasteiger partial charge on any atom is -0.338 e. The third-order valence-corrected chi connectivity index (χ3v) is 6.14. The molecule has 166 valence electrons. The van der Waals surface area contributed by atoms with Crippen LogP contribution in [0.1, 0.15) is 6.42 Å². The highest BCUT2D eigenvalue weighted by molar-refractivity contribution is 6.36. The number of pyridine rings is 1. The quantitative estimate of drug-likeness (QED) is 0.400. The van der Waals surface area contributed by atoms with Crippen LogP contribution in [0.3, 0.4) is 0 Å². The second kappa shape index (κ2) is 8.37. The number of anilines is 1. The minimum atomic E-state index is -0.653. The third kappa shape index (κ3) is 3.56. The molecule has 2 aromatic carbocycles. The fourth-order valence-corrected chi connectivity index (χ4v) is 4.48. The molecular formula is C24H18ClF2N5O. The number of hydrogen-bond acceptors (Lipinski definition) is 5. The van der Waals surface area contributed by atoms with Gasteiger partial charge in [-0.1, -0.05) is 42.4 Å². The van der Waals surface area contributed by atoms with Gasteiger partial charge in [0.2, 0.25) is 5.91 Å². The van der Waals surface area contributed by atoms with Crippen LogP contribution in [0, 0.1) is 11.6 Å². The molecule has 0 unspecified atom stereocenters. The van der Waals surface area contributed by atoms with Crippen LogP contribution in [0.25, 0.3) is 32.9 Å². The lowest BCUT2D eigenvalue weighted by Gasteiger charge is -2.36. The molecule has 3 heterocycles. The summed E-state index contributed by atoms with van der Waals surface area (Å²) in [4.78, 5) is 28.5. The average Bonchev–Trinajstić information content (AvgIpc) is 2.85. The van der Waals surface area contributed by atoms with Crippen LogP contribution < -0.4 is 4.90 Å². The maximum Gasteiger partial charge on any atom is 0.247 e. The van der Waals surface area contributed by atoms with Gasteiger partial charge in [0.25, 0.3) is 0 Å². The van der Waals surface area contributed by atoms with E-state index < -0.39 is 11.6 Å². The molecule has 33 heavy (non-hydrogen) atoms. The molecule has 1 amide bonds. The standard InChI is InChI=1S/C24H18ClF2N5O/c1-2-18(33)31-9-4-10-32(13-31)24-16-11-28-22(21(27)23(16)29-12-30-24)15-6-3-5-14-7-8-17(26)20(25)19(14)15/h2-3,5-8,11-12H,1,4,9-10,13H2. The number of amides is 1. The highest BCUT2D eigenvalue weighted by atomic mass is 35.5. The lowest BCUT2D eigenvalue weighted by atomic mass is 10.0. The minimum absolute atomic E-state index is 0.0207. The normalized spacial score (nSPS) is 14.2. The Kier molecular flexibility index (Phi) is 5.38. The fourth-order valence-electron chi connectivity index (χ4n) is 4.21. The van der Waals surface area contributed by atoms with E-state index in [2.05, 4.69) is 21.5 Å². The van der Waals surface area contributed by atoms with Crippen LogP contribution >= 0.6 is 11.6 Å². The number of halogens is 3. The Labute approximate surface area is 193 Å². The van der Waals surface area contributed by atoms with Gasteiger partial charge in [-0.05, 0) is 23.9 Å². The zero-order valence-electron chi connectivity index (χ0n) is 17.4. The largest absolute Gasteiger partial charge is 0.338 e. The molecule has 4 aromatic rings. The first kappa shape index (κ1) is 21.2. The van der Waals surface area contributed by atoms with Crippen molar-refractivity contribution in [1.29, 1.82) is 0 Å². The molecule has 9 heteroatoms. The van der Waals surface area contributed by atoms with E-state index in [9.17, 15) is 9.18 Å². The second-order valence-corrected chi connectivity index (χ2v) is 8.09. The van der Waals surface area contributed by atoms with Crippen LogP contribution in [0.5, 0.6) is 0 Å². The number of fused-ring (bicyclic) bond motifs is 2. The molecule has 0 N–H and O–H groups in total. The van der Waals surface area contributed by atoms with Crippen LogP contribution in [0.15, 0.2) is 55.5 Å². The molecule has 1 saturated heterocycles. The maximum atomic E-state index is 15.7. The third-order valence-electron chi connectivity index (χ3n) is 5.77. The van der Waals surface area contributed by atoms with E-state index in [1.807, 2.05) is 4.90 Å². The Morgan fingerprint density at radius 2 is 1.97 bits per heavy atom.